The molecule has 6 nitrogen and oxygen atoms in total. The smallest absolute Gasteiger partial charge is 0.497 e. The zero-order chi connectivity index (χ0) is 21.9. The first-order valence-electron chi connectivity index (χ1n) is 10.1. The molecule has 0 saturated heterocycles. The van der Waals surface area contributed by atoms with Crippen molar-refractivity contribution in [2.45, 2.75) is 31.8 Å². The van der Waals surface area contributed by atoms with E-state index in [2.05, 4.69) is 11.8 Å². The lowest BCUT2D eigenvalue weighted by atomic mass is 10.1. The molecule has 2 aromatic rings. The van der Waals surface area contributed by atoms with Crippen molar-refractivity contribution < 1.29 is 28.5 Å². The molecular formula is C25H26O6. The largest absolute Gasteiger partial charge is 0.508 e. The highest BCUT2D eigenvalue weighted by molar-refractivity contribution is 5.59. The number of ether oxygens (including phenoxy) is 5. The second-order valence-corrected chi connectivity index (χ2v) is 6.73. The van der Waals surface area contributed by atoms with E-state index in [0.717, 1.165) is 16.9 Å². The second kappa shape index (κ2) is 11.8. The van der Waals surface area contributed by atoms with Gasteiger partial charge in [0.15, 0.2) is 0 Å². The molecule has 0 N–H and O–H groups in total. The summed E-state index contributed by atoms with van der Waals surface area (Å²) < 4.78 is 27.3. The van der Waals surface area contributed by atoms with Crippen LogP contribution in [0.15, 0.2) is 66.7 Å². The Labute approximate surface area is 182 Å². The Balaban J connectivity index is 1.65. The van der Waals surface area contributed by atoms with Crippen molar-refractivity contribution in [3.63, 3.8) is 0 Å². The summed E-state index contributed by atoms with van der Waals surface area (Å²) in [7, 11) is 1.63. The zero-order valence-corrected chi connectivity index (χ0v) is 17.7. The topological polar surface area (TPSA) is 63.2 Å². The summed E-state index contributed by atoms with van der Waals surface area (Å²) in [5.74, 6) is 6.96. The van der Waals surface area contributed by atoms with Crippen LogP contribution in [0, 0.1) is 11.8 Å². The van der Waals surface area contributed by atoms with Crippen LogP contribution >= 0.6 is 0 Å². The molecule has 0 amide bonds. The highest BCUT2D eigenvalue weighted by atomic mass is 16.7. The highest BCUT2D eigenvalue weighted by Gasteiger charge is 2.29. The van der Waals surface area contributed by atoms with Gasteiger partial charge in [0.25, 0.3) is 0 Å². The van der Waals surface area contributed by atoms with Crippen molar-refractivity contribution in [3.8, 4) is 17.6 Å². The molecule has 0 unspecified atom stereocenters. The molecule has 1 heterocycles. The fraction of sp³-hybridized carbons (Fsp3) is 0.320. The zero-order valence-electron chi connectivity index (χ0n) is 17.7. The van der Waals surface area contributed by atoms with Crippen molar-refractivity contribution >= 4 is 6.16 Å². The average molecular weight is 422 g/mol. The minimum absolute atomic E-state index is 0.0000302. The van der Waals surface area contributed by atoms with Crippen LogP contribution in [0.5, 0.6) is 5.75 Å². The molecule has 3 atom stereocenters. The molecule has 0 bridgehead atoms. The Morgan fingerprint density at radius 2 is 1.81 bits per heavy atom. The van der Waals surface area contributed by atoms with E-state index in [4.69, 9.17) is 23.7 Å². The summed E-state index contributed by atoms with van der Waals surface area (Å²) in [6, 6.07) is 17.3. The van der Waals surface area contributed by atoms with Crippen LogP contribution in [-0.2, 0) is 25.6 Å². The summed E-state index contributed by atoms with van der Waals surface area (Å²) in [5, 5.41) is 0. The van der Waals surface area contributed by atoms with Crippen molar-refractivity contribution in [2.24, 2.45) is 0 Å². The molecule has 1 aliphatic rings. The van der Waals surface area contributed by atoms with Crippen molar-refractivity contribution in [1.82, 2.24) is 0 Å². The number of hydrogen-bond donors (Lipinski definition) is 0. The minimum atomic E-state index is -0.735. The van der Waals surface area contributed by atoms with Gasteiger partial charge in [-0.3, -0.25) is 0 Å². The van der Waals surface area contributed by atoms with Gasteiger partial charge in [0.1, 0.15) is 30.7 Å². The van der Waals surface area contributed by atoms with E-state index in [0.29, 0.717) is 6.61 Å². The van der Waals surface area contributed by atoms with Gasteiger partial charge >= 0.3 is 6.16 Å². The molecule has 31 heavy (non-hydrogen) atoms. The lowest BCUT2D eigenvalue weighted by Gasteiger charge is -2.30. The second-order valence-electron chi connectivity index (χ2n) is 6.73. The maximum Gasteiger partial charge on any atom is 0.508 e. The van der Waals surface area contributed by atoms with Crippen LogP contribution in [0.3, 0.4) is 0 Å². The number of carbonyl (C=O) groups is 1. The summed E-state index contributed by atoms with van der Waals surface area (Å²) in [4.78, 5) is 11.6. The van der Waals surface area contributed by atoms with Crippen LogP contribution in [0.1, 0.15) is 18.1 Å². The summed E-state index contributed by atoms with van der Waals surface area (Å²) in [5.41, 5.74) is 1.89. The molecule has 2 aromatic carbocycles. The van der Waals surface area contributed by atoms with Crippen LogP contribution in [0.25, 0.3) is 0 Å². The fourth-order valence-corrected chi connectivity index (χ4v) is 2.92. The molecule has 0 saturated carbocycles. The molecule has 1 aliphatic heterocycles. The molecule has 6 heteroatoms. The van der Waals surface area contributed by atoms with Gasteiger partial charge in [-0.25, -0.2) is 4.79 Å². The third-order valence-corrected chi connectivity index (χ3v) is 4.53. The van der Waals surface area contributed by atoms with E-state index < -0.39 is 24.5 Å². The molecule has 0 aromatic heterocycles. The van der Waals surface area contributed by atoms with Gasteiger partial charge in [0.05, 0.1) is 20.3 Å². The van der Waals surface area contributed by atoms with E-state index in [-0.39, 0.29) is 13.2 Å². The maximum atomic E-state index is 11.6. The van der Waals surface area contributed by atoms with Crippen molar-refractivity contribution in [1.29, 1.82) is 0 Å². The van der Waals surface area contributed by atoms with Gasteiger partial charge in [-0.15, -0.1) is 0 Å². The predicted molar refractivity (Wildman–Crippen MR) is 116 cm³/mol. The summed E-state index contributed by atoms with van der Waals surface area (Å²) >= 11 is 0. The molecular weight excluding hydrogens is 396 g/mol. The normalized spacial score (nSPS) is 19.7. The van der Waals surface area contributed by atoms with Gasteiger partial charge in [0, 0.05) is 5.56 Å². The molecule has 0 fully saturated rings. The number of benzene rings is 2. The van der Waals surface area contributed by atoms with Gasteiger partial charge < -0.3 is 23.7 Å². The average Bonchev–Trinajstić information content (AvgIpc) is 2.82. The first kappa shape index (κ1) is 22.4. The number of hydrogen-bond acceptors (Lipinski definition) is 6. The number of carbonyl (C=O) groups excluding carboxylic acids is 1. The van der Waals surface area contributed by atoms with Crippen LogP contribution < -0.4 is 4.74 Å². The Kier molecular flexibility index (Phi) is 8.53. The number of methoxy groups -OCH3 is 1. The molecule has 0 spiro atoms. The lowest BCUT2D eigenvalue weighted by molar-refractivity contribution is -0.0996. The maximum absolute atomic E-state index is 11.6. The van der Waals surface area contributed by atoms with Gasteiger partial charge in [-0.1, -0.05) is 48.2 Å². The molecule has 3 rings (SSSR count). The monoisotopic (exact) mass is 422 g/mol. The standard InChI is InChI=1S/C25H26O6/c1-3-28-25(26)30-18-24-23(29-17-20-10-12-21(27-2)13-11-20)16-15-22(31-24)14-9-19-7-5-4-6-8-19/h4-8,10-13,15-16,22-24H,3,17-18H2,1-2H3/t22-,23+,24-/m1/s1. The number of rotatable bonds is 7. The molecule has 0 radical (unpaired) electrons. The van der Waals surface area contributed by atoms with Crippen LogP contribution in [0.2, 0.25) is 0 Å². The summed E-state index contributed by atoms with van der Waals surface area (Å²) in [6.45, 7) is 2.34. The van der Waals surface area contributed by atoms with Crippen LogP contribution in [0.4, 0.5) is 4.79 Å². The van der Waals surface area contributed by atoms with Crippen LogP contribution in [-0.4, -0.2) is 44.8 Å². The van der Waals surface area contributed by atoms with Crippen molar-refractivity contribution in [2.75, 3.05) is 20.3 Å². The molecule has 162 valence electrons. The predicted octanol–water partition coefficient (Wildman–Crippen LogP) is 4.13. The third kappa shape index (κ3) is 7.18. The van der Waals surface area contributed by atoms with E-state index >= 15 is 0 Å². The summed E-state index contributed by atoms with van der Waals surface area (Å²) in [6.07, 6.45) is 1.68. The first-order chi connectivity index (χ1) is 15.2. The van der Waals surface area contributed by atoms with Gasteiger partial charge in [-0.05, 0) is 42.8 Å². The van der Waals surface area contributed by atoms with Crippen molar-refractivity contribution in [3.05, 3.63) is 77.9 Å². The fourth-order valence-electron chi connectivity index (χ4n) is 2.92. The lowest BCUT2D eigenvalue weighted by Crippen LogP contribution is -2.40. The molecule has 0 aliphatic carbocycles. The van der Waals surface area contributed by atoms with E-state index in [1.165, 1.54) is 0 Å². The SMILES string of the molecule is CCOC(=O)OC[C@H]1O[C@H](C#Cc2ccccc2)C=C[C@@H]1OCc1ccc(OC)cc1. The highest BCUT2D eigenvalue weighted by Crippen LogP contribution is 2.19. The van der Waals surface area contributed by atoms with E-state index in [1.807, 2.05) is 66.7 Å². The van der Waals surface area contributed by atoms with E-state index in [1.54, 1.807) is 14.0 Å². The third-order valence-electron chi connectivity index (χ3n) is 4.53. The van der Waals surface area contributed by atoms with E-state index in [9.17, 15) is 4.79 Å². The Morgan fingerprint density at radius 3 is 2.52 bits per heavy atom. The first-order valence-corrected chi connectivity index (χ1v) is 10.1. The Morgan fingerprint density at radius 1 is 1.03 bits per heavy atom. The minimum Gasteiger partial charge on any atom is -0.497 e. The Hall–Kier alpha value is -3.27. The Bertz CT molecular complexity index is 911. The van der Waals surface area contributed by atoms with Gasteiger partial charge in [-0.2, -0.15) is 0 Å². The van der Waals surface area contributed by atoms with Gasteiger partial charge in [0.2, 0.25) is 0 Å². The quantitative estimate of drug-likeness (QED) is 0.380.